The summed E-state index contributed by atoms with van der Waals surface area (Å²) < 4.78 is 1.08. The molecule has 1 aliphatic rings. The molecule has 21 heavy (non-hydrogen) atoms. The number of anilines is 1. The molecule has 0 atom stereocenters. The fraction of sp³-hybridized carbons (Fsp3) is 0.235. The summed E-state index contributed by atoms with van der Waals surface area (Å²) >= 11 is 3.54. The number of nitrogens with zero attached hydrogens (tertiary/aromatic N) is 3. The number of hydrogen-bond acceptors (Lipinski definition) is 3. The molecule has 0 aliphatic carbocycles. The van der Waals surface area contributed by atoms with E-state index in [2.05, 4.69) is 67.3 Å². The summed E-state index contributed by atoms with van der Waals surface area (Å²) in [6.45, 7) is 3.93. The summed E-state index contributed by atoms with van der Waals surface area (Å²) in [6.07, 6.45) is 1.93. The van der Waals surface area contributed by atoms with Crippen molar-refractivity contribution >= 4 is 27.8 Å². The van der Waals surface area contributed by atoms with Crippen molar-refractivity contribution in [3.63, 3.8) is 0 Å². The van der Waals surface area contributed by atoms with Crippen LogP contribution in [0.1, 0.15) is 5.56 Å². The summed E-state index contributed by atoms with van der Waals surface area (Å²) in [5, 5.41) is 6.73. The summed E-state index contributed by atoms with van der Waals surface area (Å²) in [6, 6.07) is 18.7. The van der Waals surface area contributed by atoms with Crippen molar-refractivity contribution in [2.75, 3.05) is 31.1 Å². The Morgan fingerprint density at radius 1 is 0.857 bits per heavy atom. The molecule has 3 rings (SSSR count). The van der Waals surface area contributed by atoms with Crippen molar-refractivity contribution in [1.29, 1.82) is 0 Å². The molecule has 108 valence electrons. The van der Waals surface area contributed by atoms with Gasteiger partial charge in [0.15, 0.2) is 0 Å². The van der Waals surface area contributed by atoms with E-state index in [1.54, 1.807) is 0 Å². The zero-order chi connectivity index (χ0) is 14.5. The number of rotatable bonds is 3. The van der Waals surface area contributed by atoms with Gasteiger partial charge in [-0.1, -0.05) is 52.3 Å². The number of para-hydroxylation sites is 1. The van der Waals surface area contributed by atoms with Gasteiger partial charge in [-0.2, -0.15) is 5.10 Å². The predicted molar refractivity (Wildman–Crippen MR) is 92.0 cm³/mol. The molecule has 1 aliphatic heterocycles. The zero-order valence-corrected chi connectivity index (χ0v) is 13.4. The van der Waals surface area contributed by atoms with Gasteiger partial charge in [-0.15, -0.1) is 0 Å². The van der Waals surface area contributed by atoms with E-state index in [1.807, 2.05) is 24.4 Å². The maximum absolute atomic E-state index is 4.59. The molecule has 0 saturated carbocycles. The Morgan fingerprint density at radius 2 is 1.52 bits per heavy atom. The third-order valence-corrected chi connectivity index (χ3v) is 4.36. The molecule has 0 aromatic heterocycles. The highest BCUT2D eigenvalue weighted by Crippen LogP contribution is 2.16. The second-order valence-electron chi connectivity index (χ2n) is 5.04. The van der Waals surface area contributed by atoms with E-state index in [0.29, 0.717) is 0 Å². The van der Waals surface area contributed by atoms with Crippen molar-refractivity contribution in [1.82, 2.24) is 5.01 Å². The number of hydrogen-bond donors (Lipinski definition) is 0. The third-order valence-electron chi connectivity index (χ3n) is 3.64. The van der Waals surface area contributed by atoms with E-state index < -0.39 is 0 Å². The number of hydrazone groups is 1. The molecule has 0 radical (unpaired) electrons. The average molecular weight is 344 g/mol. The minimum Gasteiger partial charge on any atom is -0.368 e. The van der Waals surface area contributed by atoms with Gasteiger partial charge < -0.3 is 4.90 Å². The molecule has 2 aromatic carbocycles. The van der Waals surface area contributed by atoms with E-state index >= 15 is 0 Å². The average Bonchev–Trinajstić information content (AvgIpc) is 2.55. The van der Waals surface area contributed by atoms with Crippen molar-refractivity contribution < 1.29 is 0 Å². The lowest BCUT2D eigenvalue weighted by molar-refractivity contribution is 0.272. The Hall–Kier alpha value is -1.81. The molecule has 1 fully saturated rings. The molecule has 0 amide bonds. The Morgan fingerprint density at radius 3 is 2.24 bits per heavy atom. The van der Waals surface area contributed by atoms with Crippen LogP contribution in [0.25, 0.3) is 0 Å². The highest BCUT2D eigenvalue weighted by Gasteiger charge is 2.15. The fourth-order valence-electron chi connectivity index (χ4n) is 2.43. The minimum absolute atomic E-state index is 0.954. The lowest BCUT2D eigenvalue weighted by Gasteiger charge is -2.34. The van der Waals surface area contributed by atoms with Crippen LogP contribution in [-0.2, 0) is 0 Å². The zero-order valence-electron chi connectivity index (χ0n) is 11.8. The lowest BCUT2D eigenvalue weighted by atomic mass is 10.2. The van der Waals surface area contributed by atoms with Crippen molar-refractivity contribution in [2.45, 2.75) is 0 Å². The van der Waals surface area contributed by atoms with Crippen LogP contribution < -0.4 is 4.90 Å². The van der Waals surface area contributed by atoms with Gasteiger partial charge in [0.1, 0.15) is 0 Å². The van der Waals surface area contributed by atoms with Crippen LogP contribution in [0.2, 0.25) is 0 Å². The molecule has 0 unspecified atom stereocenters. The Balaban J connectivity index is 1.58. The monoisotopic (exact) mass is 343 g/mol. The number of piperazine rings is 1. The quantitative estimate of drug-likeness (QED) is 0.793. The van der Waals surface area contributed by atoms with Gasteiger partial charge in [-0.05, 0) is 18.2 Å². The minimum atomic E-state index is 0.954. The largest absolute Gasteiger partial charge is 0.368 e. The van der Waals surface area contributed by atoms with E-state index in [0.717, 1.165) is 36.2 Å². The number of halogens is 1. The smallest absolute Gasteiger partial charge is 0.0554 e. The van der Waals surface area contributed by atoms with Gasteiger partial charge in [0.2, 0.25) is 0 Å². The highest BCUT2D eigenvalue weighted by molar-refractivity contribution is 9.10. The first-order chi connectivity index (χ1) is 10.3. The molecule has 3 nitrogen and oxygen atoms in total. The van der Waals surface area contributed by atoms with E-state index in [4.69, 9.17) is 0 Å². The molecule has 0 N–H and O–H groups in total. The maximum atomic E-state index is 4.59. The third kappa shape index (κ3) is 3.64. The van der Waals surface area contributed by atoms with Crippen LogP contribution in [-0.4, -0.2) is 37.4 Å². The van der Waals surface area contributed by atoms with Crippen LogP contribution in [0.15, 0.2) is 64.2 Å². The van der Waals surface area contributed by atoms with Crippen LogP contribution in [0.3, 0.4) is 0 Å². The summed E-state index contributed by atoms with van der Waals surface area (Å²) in [5.74, 6) is 0. The SMILES string of the molecule is Brc1ccccc1C=NN1CCN(c2ccccc2)CC1. The Bertz CT molecular complexity index is 604. The normalized spacial score (nSPS) is 15.7. The maximum Gasteiger partial charge on any atom is 0.0554 e. The predicted octanol–water partition coefficient (Wildman–Crippen LogP) is 3.61. The summed E-state index contributed by atoms with van der Waals surface area (Å²) in [7, 11) is 0. The Kier molecular flexibility index (Phi) is 4.55. The lowest BCUT2D eigenvalue weighted by Crippen LogP contribution is -2.44. The molecule has 4 heteroatoms. The van der Waals surface area contributed by atoms with Gasteiger partial charge >= 0.3 is 0 Å². The van der Waals surface area contributed by atoms with E-state index in [1.165, 1.54) is 5.69 Å². The van der Waals surface area contributed by atoms with Gasteiger partial charge in [0.05, 0.1) is 19.3 Å². The van der Waals surface area contributed by atoms with Crippen LogP contribution in [0.5, 0.6) is 0 Å². The fourth-order valence-corrected chi connectivity index (χ4v) is 2.82. The highest BCUT2D eigenvalue weighted by atomic mass is 79.9. The number of benzene rings is 2. The standard InChI is InChI=1S/C17H18BrN3/c18-17-9-5-4-6-15(17)14-19-21-12-10-20(11-13-21)16-7-2-1-3-8-16/h1-9,14H,10-13H2. The molecular formula is C17H18BrN3. The molecule has 0 bridgehead atoms. The van der Waals surface area contributed by atoms with Crippen molar-refractivity contribution in [3.05, 3.63) is 64.6 Å². The molecular weight excluding hydrogens is 326 g/mol. The van der Waals surface area contributed by atoms with Gasteiger partial charge in [0, 0.05) is 28.8 Å². The van der Waals surface area contributed by atoms with Crippen LogP contribution in [0, 0.1) is 0 Å². The Labute approximate surface area is 134 Å². The summed E-state index contributed by atoms with van der Waals surface area (Å²) in [4.78, 5) is 2.41. The van der Waals surface area contributed by atoms with Crippen molar-refractivity contribution in [2.24, 2.45) is 5.10 Å². The molecule has 1 heterocycles. The topological polar surface area (TPSA) is 18.8 Å². The van der Waals surface area contributed by atoms with Gasteiger partial charge in [-0.3, -0.25) is 5.01 Å². The first-order valence-electron chi connectivity index (χ1n) is 7.16. The van der Waals surface area contributed by atoms with Gasteiger partial charge in [0.25, 0.3) is 0 Å². The van der Waals surface area contributed by atoms with Crippen LogP contribution >= 0.6 is 15.9 Å². The molecule has 2 aromatic rings. The van der Waals surface area contributed by atoms with Gasteiger partial charge in [-0.25, -0.2) is 0 Å². The van der Waals surface area contributed by atoms with E-state index in [9.17, 15) is 0 Å². The first kappa shape index (κ1) is 14.1. The second-order valence-corrected chi connectivity index (χ2v) is 5.90. The second kappa shape index (κ2) is 6.76. The summed E-state index contributed by atoms with van der Waals surface area (Å²) in [5.41, 5.74) is 2.41. The first-order valence-corrected chi connectivity index (χ1v) is 7.96. The van der Waals surface area contributed by atoms with Crippen LogP contribution in [0.4, 0.5) is 5.69 Å². The molecule has 0 spiro atoms. The van der Waals surface area contributed by atoms with E-state index in [-0.39, 0.29) is 0 Å². The molecule has 1 saturated heterocycles. The van der Waals surface area contributed by atoms with Crippen molar-refractivity contribution in [3.8, 4) is 0 Å².